The Balaban J connectivity index is 2.51. The van der Waals surface area contributed by atoms with Crippen LogP contribution in [-0.2, 0) is 0 Å². The number of thioether (sulfide) groups is 1. The SMILES string of the molecule is CCCCCSC(CN)c1ccccc1C. The number of hydrogen-bond acceptors (Lipinski definition) is 2. The van der Waals surface area contributed by atoms with E-state index in [4.69, 9.17) is 5.73 Å². The second-order valence-electron chi connectivity index (χ2n) is 4.16. The predicted molar refractivity (Wildman–Crippen MR) is 75.0 cm³/mol. The third-order valence-corrected chi connectivity index (χ3v) is 4.19. The summed E-state index contributed by atoms with van der Waals surface area (Å²) in [6, 6.07) is 8.58. The van der Waals surface area contributed by atoms with Crippen molar-refractivity contribution in [2.45, 2.75) is 38.4 Å². The monoisotopic (exact) mass is 237 g/mol. The number of rotatable bonds is 7. The molecule has 1 unspecified atom stereocenters. The van der Waals surface area contributed by atoms with Crippen molar-refractivity contribution in [3.63, 3.8) is 0 Å². The molecule has 0 aliphatic carbocycles. The van der Waals surface area contributed by atoms with Crippen LogP contribution in [0.2, 0.25) is 0 Å². The normalized spacial score (nSPS) is 12.7. The molecule has 1 nitrogen and oxygen atoms in total. The third-order valence-electron chi connectivity index (χ3n) is 2.82. The molecule has 90 valence electrons. The van der Waals surface area contributed by atoms with E-state index >= 15 is 0 Å². The Morgan fingerprint density at radius 1 is 1.25 bits per heavy atom. The van der Waals surface area contributed by atoms with Gasteiger partial charge in [0.25, 0.3) is 0 Å². The molecule has 0 aliphatic heterocycles. The average Bonchev–Trinajstić information content (AvgIpc) is 2.31. The van der Waals surface area contributed by atoms with Crippen LogP contribution in [-0.4, -0.2) is 12.3 Å². The zero-order valence-corrected chi connectivity index (χ0v) is 11.2. The van der Waals surface area contributed by atoms with Crippen LogP contribution in [0.4, 0.5) is 0 Å². The molecule has 1 aromatic rings. The van der Waals surface area contributed by atoms with Crippen LogP contribution >= 0.6 is 11.8 Å². The molecule has 2 N–H and O–H groups in total. The summed E-state index contributed by atoms with van der Waals surface area (Å²) in [4.78, 5) is 0. The largest absolute Gasteiger partial charge is 0.329 e. The first-order valence-corrected chi connectivity index (χ1v) is 7.21. The Labute approximate surface area is 104 Å². The molecule has 0 bridgehead atoms. The zero-order chi connectivity index (χ0) is 11.8. The summed E-state index contributed by atoms with van der Waals surface area (Å²) in [5.41, 5.74) is 8.64. The van der Waals surface area contributed by atoms with Crippen molar-refractivity contribution in [2.24, 2.45) is 5.73 Å². The number of hydrogen-bond donors (Lipinski definition) is 1. The van der Waals surface area contributed by atoms with Crippen molar-refractivity contribution in [3.05, 3.63) is 35.4 Å². The van der Waals surface area contributed by atoms with Crippen molar-refractivity contribution in [3.8, 4) is 0 Å². The first kappa shape index (κ1) is 13.6. The molecule has 16 heavy (non-hydrogen) atoms. The van der Waals surface area contributed by atoms with Crippen molar-refractivity contribution in [1.29, 1.82) is 0 Å². The number of benzene rings is 1. The van der Waals surface area contributed by atoms with E-state index < -0.39 is 0 Å². The second kappa shape index (κ2) is 7.75. The highest BCUT2D eigenvalue weighted by molar-refractivity contribution is 7.99. The highest BCUT2D eigenvalue weighted by Crippen LogP contribution is 2.30. The molecule has 0 saturated heterocycles. The molecule has 0 aromatic heterocycles. The maximum absolute atomic E-state index is 5.87. The van der Waals surface area contributed by atoms with Gasteiger partial charge < -0.3 is 5.73 Å². The van der Waals surface area contributed by atoms with Crippen LogP contribution in [0.15, 0.2) is 24.3 Å². The standard InChI is InChI=1S/C14H23NS/c1-3-4-7-10-16-14(11-15)13-9-6-5-8-12(13)2/h5-6,8-9,14H,3-4,7,10-11,15H2,1-2H3. The van der Waals surface area contributed by atoms with Gasteiger partial charge in [0.15, 0.2) is 0 Å². The van der Waals surface area contributed by atoms with Gasteiger partial charge in [-0.05, 0) is 30.2 Å². The molecule has 0 saturated carbocycles. The van der Waals surface area contributed by atoms with Crippen molar-refractivity contribution >= 4 is 11.8 Å². The van der Waals surface area contributed by atoms with Crippen LogP contribution in [0.1, 0.15) is 42.6 Å². The average molecular weight is 237 g/mol. The summed E-state index contributed by atoms with van der Waals surface area (Å²) < 4.78 is 0. The van der Waals surface area contributed by atoms with Gasteiger partial charge >= 0.3 is 0 Å². The van der Waals surface area contributed by atoms with Gasteiger partial charge in [-0.25, -0.2) is 0 Å². The summed E-state index contributed by atoms with van der Waals surface area (Å²) >= 11 is 2.00. The topological polar surface area (TPSA) is 26.0 Å². The molecular weight excluding hydrogens is 214 g/mol. The fraction of sp³-hybridized carbons (Fsp3) is 0.571. The lowest BCUT2D eigenvalue weighted by Crippen LogP contribution is -2.11. The maximum Gasteiger partial charge on any atom is 0.0422 e. The molecule has 0 heterocycles. The molecule has 1 atom stereocenters. The minimum Gasteiger partial charge on any atom is -0.329 e. The molecule has 0 radical (unpaired) electrons. The summed E-state index contributed by atoms with van der Waals surface area (Å²) in [5.74, 6) is 1.23. The Kier molecular flexibility index (Phi) is 6.58. The van der Waals surface area contributed by atoms with E-state index in [9.17, 15) is 0 Å². The van der Waals surface area contributed by atoms with Crippen molar-refractivity contribution in [1.82, 2.24) is 0 Å². The quantitative estimate of drug-likeness (QED) is 0.727. The van der Waals surface area contributed by atoms with Crippen molar-refractivity contribution < 1.29 is 0 Å². The van der Waals surface area contributed by atoms with Gasteiger partial charge in [-0.1, -0.05) is 44.0 Å². The summed E-state index contributed by atoms with van der Waals surface area (Å²) in [7, 11) is 0. The van der Waals surface area contributed by atoms with Gasteiger partial charge in [0, 0.05) is 11.8 Å². The van der Waals surface area contributed by atoms with Crippen LogP contribution in [0.5, 0.6) is 0 Å². The zero-order valence-electron chi connectivity index (χ0n) is 10.4. The Bertz CT molecular complexity index is 299. The Morgan fingerprint density at radius 2 is 2.00 bits per heavy atom. The fourth-order valence-electron chi connectivity index (χ4n) is 1.81. The molecule has 1 aromatic carbocycles. The Morgan fingerprint density at radius 3 is 2.62 bits per heavy atom. The molecule has 0 amide bonds. The highest BCUT2D eigenvalue weighted by Gasteiger charge is 2.11. The third kappa shape index (κ3) is 4.18. The molecule has 2 heteroatoms. The maximum atomic E-state index is 5.87. The molecule has 0 spiro atoms. The van der Waals surface area contributed by atoms with Gasteiger partial charge in [-0.15, -0.1) is 0 Å². The molecule has 0 aliphatic rings. The van der Waals surface area contributed by atoms with Gasteiger partial charge in [-0.3, -0.25) is 0 Å². The van der Waals surface area contributed by atoms with Crippen LogP contribution in [0.25, 0.3) is 0 Å². The van der Waals surface area contributed by atoms with Gasteiger partial charge in [0.05, 0.1) is 0 Å². The van der Waals surface area contributed by atoms with E-state index in [0.29, 0.717) is 5.25 Å². The minimum absolute atomic E-state index is 0.470. The van der Waals surface area contributed by atoms with E-state index in [1.165, 1.54) is 36.1 Å². The van der Waals surface area contributed by atoms with Gasteiger partial charge in [-0.2, -0.15) is 11.8 Å². The Hall–Kier alpha value is -0.470. The molecular formula is C14H23NS. The van der Waals surface area contributed by atoms with Crippen LogP contribution < -0.4 is 5.73 Å². The lowest BCUT2D eigenvalue weighted by Gasteiger charge is -2.17. The van der Waals surface area contributed by atoms with Crippen molar-refractivity contribution in [2.75, 3.05) is 12.3 Å². The fourth-order valence-corrected chi connectivity index (χ4v) is 3.05. The number of nitrogens with two attached hydrogens (primary N) is 1. The van der Waals surface area contributed by atoms with Crippen LogP contribution in [0, 0.1) is 6.92 Å². The van der Waals surface area contributed by atoms with Crippen LogP contribution in [0.3, 0.4) is 0 Å². The second-order valence-corrected chi connectivity index (χ2v) is 5.47. The van der Waals surface area contributed by atoms with E-state index in [1.54, 1.807) is 0 Å². The summed E-state index contributed by atoms with van der Waals surface area (Å²) in [6.45, 7) is 5.15. The smallest absolute Gasteiger partial charge is 0.0422 e. The lowest BCUT2D eigenvalue weighted by atomic mass is 10.1. The molecule has 1 rings (SSSR count). The van der Waals surface area contributed by atoms with E-state index in [-0.39, 0.29) is 0 Å². The summed E-state index contributed by atoms with van der Waals surface area (Å²) in [6.07, 6.45) is 3.93. The predicted octanol–water partition coefficient (Wildman–Crippen LogP) is 3.92. The first-order valence-electron chi connectivity index (χ1n) is 6.16. The van der Waals surface area contributed by atoms with Gasteiger partial charge in [0.1, 0.15) is 0 Å². The van der Waals surface area contributed by atoms with E-state index in [1.807, 2.05) is 11.8 Å². The van der Waals surface area contributed by atoms with E-state index in [2.05, 4.69) is 38.1 Å². The van der Waals surface area contributed by atoms with Gasteiger partial charge in [0.2, 0.25) is 0 Å². The number of aryl methyl sites for hydroxylation is 1. The van der Waals surface area contributed by atoms with E-state index in [0.717, 1.165) is 6.54 Å². The first-order chi connectivity index (χ1) is 7.79. The summed E-state index contributed by atoms with van der Waals surface area (Å²) in [5, 5.41) is 0.470. The molecule has 0 fully saturated rings. The number of unbranched alkanes of at least 4 members (excludes halogenated alkanes) is 2. The minimum atomic E-state index is 0.470. The lowest BCUT2D eigenvalue weighted by molar-refractivity contribution is 0.776. The highest BCUT2D eigenvalue weighted by atomic mass is 32.2.